The molecule has 0 N–H and O–H groups in total. The summed E-state index contributed by atoms with van der Waals surface area (Å²) in [5, 5.41) is 0. The fourth-order valence-corrected chi connectivity index (χ4v) is 1.38. The molecule has 0 heterocycles. The van der Waals surface area contributed by atoms with Crippen LogP contribution in [-0.4, -0.2) is 19.2 Å². The minimum atomic E-state index is -0.293. The van der Waals surface area contributed by atoms with Crippen molar-refractivity contribution >= 4 is 5.97 Å². The van der Waals surface area contributed by atoms with Crippen LogP contribution in [0.4, 0.5) is 0 Å². The summed E-state index contributed by atoms with van der Waals surface area (Å²) in [6.07, 6.45) is 0.993. The number of hydrogen-bond acceptors (Lipinski definition) is 3. The van der Waals surface area contributed by atoms with Gasteiger partial charge in [-0.3, -0.25) is 0 Å². The molecule has 0 fully saturated rings. The highest BCUT2D eigenvalue weighted by Crippen LogP contribution is 2.20. The van der Waals surface area contributed by atoms with E-state index >= 15 is 0 Å². The fourth-order valence-electron chi connectivity index (χ4n) is 1.38. The Kier molecular flexibility index (Phi) is 5.20. The summed E-state index contributed by atoms with van der Waals surface area (Å²) in [6, 6.07) is 7.05. The van der Waals surface area contributed by atoms with Crippen LogP contribution in [0.5, 0.6) is 5.75 Å². The monoisotopic (exact) mass is 250 g/mol. The van der Waals surface area contributed by atoms with Crippen LogP contribution in [0.25, 0.3) is 0 Å². The van der Waals surface area contributed by atoms with E-state index in [2.05, 4.69) is 20.8 Å². The van der Waals surface area contributed by atoms with Crippen molar-refractivity contribution in [1.82, 2.24) is 0 Å². The third kappa shape index (κ3) is 5.21. The van der Waals surface area contributed by atoms with Crippen molar-refractivity contribution in [3.8, 4) is 5.75 Å². The molecule has 100 valence electrons. The maximum absolute atomic E-state index is 11.4. The maximum Gasteiger partial charge on any atom is 0.338 e. The molecule has 0 unspecified atom stereocenters. The van der Waals surface area contributed by atoms with Gasteiger partial charge in [-0.05, 0) is 43.0 Å². The highest BCUT2D eigenvalue weighted by molar-refractivity contribution is 5.89. The van der Waals surface area contributed by atoms with Crippen LogP contribution in [0, 0.1) is 5.41 Å². The smallest absolute Gasteiger partial charge is 0.338 e. The molecule has 0 aromatic heterocycles. The predicted octanol–water partition coefficient (Wildman–Crippen LogP) is 3.68. The van der Waals surface area contributed by atoms with Crippen LogP contribution >= 0.6 is 0 Å². The lowest BCUT2D eigenvalue weighted by Gasteiger charge is -2.18. The summed E-state index contributed by atoms with van der Waals surface area (Å²) >= 11 is 0. The zero-order valence-corrected chi connectivity index (χ0v) is 11.7. The zero-order valence-electron chi connectivity index (χ0n) is 11.7. The van der Waals surface area contributed by atoms with E-state index in [0.717, 1.165) is 12.2 Å². The van der Waals surface area contributed by atoms with Crippen molar-refractivity contribution in [2.24, 2.45) is 5.41 Å². The first kappa shape index (κ1) is 14.6. The topological polar surface area (TPSA) is 35.5 Å². The number of ether oxygens (including phenoxy) is 2. The SMILES string of the molecule is CCOC(=O)c1ccc(OCCC(C)(C)C)cc1. The number of hydrogen-bond donors (Lipinski definition) is 0. The van der Waals surface area contributed by atoms with E-state index in [1.165, 1.54) is 0 Å². The van der Waals surface area contributed by atoms with Crippen molar-refractivity contribution in [3.63, 3.8) is 0 Å². The second-order valence-electron chi connectivity index (χ2n) is 5.40. The summed E-state index contributed by atoms with van der Waals surface area (Å²) in [6.45, 7) is 9.41. The molecular weight excluding hydrogens is 228 g/mol. The van der Waals surface area contributed by atoms with Crippen LogP contribution in [0.15, 0.2) is 24.3 Å². The van der Waals surface area contributed by atoms with E-state index in [1.807, 2.05) is 0 Å². The molecular formula is C15H22O3. The van der Waals surface area contributed by atoms with Crippen molar-refractivity contribution in [1.29, 1.82) is 0 Å². The van der Waals surface area contributed by atoms with Crippen LogP contribution in [-0.2, 0) is 4.74 Å². The molecule has 1 aromatic rings. The zero-order chi connectivity index (χ0) is 13.6. The normalized spacial score (nSPS) is 11.1. The van der Waals surface area contributed by atoms with Gasteiger partial charge in [0.15, 0.2) is 0 Å². The van der Waals surface area contributed by atoms with Gasteiger partial charge in [-0.1, -0.05) is 20.8 Å². The summed E-state index contributed by atoms with van der Waals surface area (Å²) in [4.78, 5) is 11.4. The molecule has 3 nitrogen and oxygen atoms in total. The average Bonchev–Trinajstić information content (AvgIpc) is 2.28. The first-order valence-corrected chi connectivity index (χ1v) is 6.32. The molecule has 0 saturated heterocycles. The molecule has 3 heteroatoms. The van der Waals surface area contributed by atoms with Crippen molar-refractivity contribution in [2.45, 2.75) is 34.1 Å². The summed E-state index contributed by atoms with van der Waals surface area (Å²) < 4.78 is 10.5. The van der Waals surface area contributed by atoms with Gasteiger partial charge in [0.25, 0.3) is 0 Å². The molecule has 0 spiro atoms. The number of carbonyl (C=O) groups is 1. The third-order valence-corrected chi connectivity index (χ3v) is 2.49. The van der Waals surface area contributed by atoms with E-state index in [-0.39, 0.29) is 11.4 Å². The second-order valence-corrected chi connectivity index (χ2v) is 5.40. The summed E-state index contributed by atoms with van der Waals surface area (Å²) in [5.41, 5.74) is 0.824. The molecule has 0 amide bonds. The number of rotatable bonds is 5. The Morgan fingerprint density at radius 3 is 2.28 bits per heavy atom. The largest absolute Gasteiger partial charge is 0.494 e. The fraction of sp³-hybridized carbons (Fsp3) is 0.533. The Labute approximate surface area is 109 Å². The van der Waals surface area contributed by atoms with Gasteiger partial charge in [0.1, 0.15) is 5.75 Å². The van der Waals surface area contributed by atoms with Crippen molar-refractivity contribution in [2.75, 3.05) is 13.2 Å². The van der Waals surface area contributed by atoms with Gasteiger partial charge in [-0.15, -0.1) is 0 Å². The lowest BCUT2D eigenvalue weighted by atomic mass is 9.93. The molecule has 0 bridgehead atoms. The van der Waals surface area contributed by atoms with Crippen molar-refractivity contribution < 1.29 is 14.3 Å². The maximum atomic E-state index is 11.4. The minimum absolute atomic E-state index is 0.269. The molecule has 0 saturated carbocycles. The highest BCUT2D eigenvalue weighted by Gasteiger charge is 2.10. The lowest BCUT2D eigenvalue weighted by Crippen LogP contribution is -2.11. The Bertz CT molecular complexity index is 374. The van der Waals surface area contributed by atoms with E-state index < -0.39 is 0 Å². The first-order chi connectivity index (χ1) is 8.42. The van der Waals surface area contributed by atoms with E-state index in [0.29, 0.717) is 18.8 Å². The minimum Gasteiger partial charge on any atom is -0.494 e. The van der Waals surface area contributed by atoms with Gasteiger partial charge >= 0.3 is 5.97 Å². The molecule has 1 rings (SSSR count). The quantitative estimate of drug-likeness (QED) is 0.748. The van der Waals surface area contributed by atoms with Gasteiger partial charge in [0, 0.05) is 0 Å². The molecule has 0 aliphatic carbocycles. The standard InChI is InChI=1S/C15H22O3/c1-5-17-14(16)12-6-8-13(9-7-12)18-11-10-15(2,3)4/h6-9H,5,10-11H2,1-4H3. The molecule has 0 atom stereocenters. The lowest BCUT2D eigenvalue weighted by molar-refractivity contribution is 0.0526. The van der Waals surface area contributed by atoms with Crippen LogP contribution in [0.1, 0.15) is 44.5 Å². The van der Waals surface area contributed by atoms with Crippen LogP contribution in [0.3, 0.4) is 0 Å². The average molecular weight is 250 g/mol. The van der Waals surface area contributed by atoms with Gasteiger partial charge in [-0.25, -0.2) is 4.79 Å². The van der Waals surface area contributed by atoms with Gasteiger partial charge < -0.3 is 9.47 Å². The predicted molar refractivity (Wildman–Crippen MR) is 72.0 cm³/mol. The second kappa shape index (κ2) is 6.43. The number of benzene rings is 1. The molecule has 18 heavy (non-hydrogen) atoms. The Balaban J connectivity index is 2.48. The van der Waals surface area contributed by atoms with E-state index in [4.69, 9.17) is 9.47 Å². The number of carbonyl (C=O) groups excluding carboxylic acids is 1. The summed E-state index contributed by atoms with van der Waals surface area (Å²) in [7, 11) is 0. The van der Waals surface area contributed by atoms with Crippen LogP contribution < -0.4 is 4.74 Å². The number of esters is 1. The molecule has 0 aliphatic heterocycles. The van der Waals surface area contributed by atoms with Crippen molar-refractivity contribution in [3.05, 3.63) is 29.8 Å². The molecule has 0 radical (unpaired) electrons. The van der Waals surface area contributed by atoms with Gasteiger partial charge in [-0.2, -0.15) is 0 Å². The first-order valence-electron chi connectivity index (χ1n) is 6.32. The Morgan fingerprint density at radius 2 is 1.78 bits per heavy atom. The third-order valence-electron chi connectivity index (χ3n) is 2.49. The summed E-state index contributed by atoms with van der Waals surface area (Å²) in [5.74, 6) is 0.492. The molecule has 0 aliphatic rings. The van der Waals surface area contributed by atoms with Crippen LogP contribution in [0.2, 0.25) is 0 Å². The van der Waals surface area contributed by atoms with Gasteiger partial charge in [0.05, 0.1) is 18.8 Å². The highest BCUT2D eigenvalue weighted by atomic mass is 16.5. The van der Waals surface area contributed by atoms with Gasteiger partial charge in [0.2, 0.25) is 0 Å². The van der Waals surface area contributed by atoms with E-state index in [1.54, 1.807) is 31.2 Å². The Hall–Kier alpha value is -1.51. The van der Waals surface area contributed by atoms with E-state index in [9.17, 15) is 4.79 Å². The Morgan fingerprint density at radius 1 is 1.17 bits per heavy atom. The molecule has 1 aromatic carbocycles.